The van der Waals surface area contributed by atoms with Crippen molar-refractivity contribution in [1.29, 1.82) is 0 Å². The second kappa shape index (κ2) is 6.24. The number of alkyl carbamates (subject to hydrolysis) is 1. The molecule has 1 amide bonds. The molecule has 0 aliphatic heterocycles. The Balaban J connectivity index is 2.33. The van der Waals surface area contributed by atoms with E-state index < -0.39 is 17.2 Å². The Morgan fingerprint density at radius 1 is 1.22 bits per heavy atom. The summed E-state index contributed by atoms with van der Waals surface area (Å²) in [6.45, 7) is 6.90. The number of aldehydes is 1. The fourth-order valence-corrected chi connectivity index (χ4v) is 2.18. The Morgan fingerprint density at radius 3 is 2.43 bits per heavy atom. The highest BCUT2D eigenvalue weighted by atomic mass is 16.6. The third-order valence-corrected chi connectivity index (χ3v) is 3.26. The van der Waals surface area contributed by atoms with E-state index in [9.17, 15) is 9.59 Å². The van der Waals surface area contributed by atoms with Crippen LogP contribution in [0, 0.1) is 0 Å². The zero-order valence-electron chi connectivity index (χ0n) is 13.7. The van der Waals surface area contributed by atoms with Crippen molar-refractivity contribution in [2.45, 2.75) is 38.8 Å². The van der Waals surface area contributed by atoms with Crippen molar-refractivity contribution < 1.29 is 14.3 Å². The van der Waals surface area contributed by atoms with E-state index in [1.54, 1.807) is 27.7 Å². The molecule has 1 unspecified atom stereocenters. The molecule has 1 aromatic carbocycles. The standard InChI is InChI=1S/C17H21N3O3/c1-16(2,3)23-15(22)19-17(4,11-21)13-10-18-20-14(13)12-8-6-5-7-9-12/h5-11H,1-4H3,(H,18,20)(H,19,22). The van der Waals surface area contributed by atoms with Gasteiger partial charge in [-0.3, -0.25) is 5.10 Å². The molecule has 6 nitrogen and oxygen atoms in total. The number of carbonyl (C=O) groups is 2. The summed E-state index contributed by atoms with van der Waals surface area (Å²) in [4.78, 5) is 23.8. The van der Waals surface area contributed by atoms with Crippen molar-refractivity contribution in [3.8, 4) is 11.3 Å². The van der Waals surface area contributed by atoms with Crippen LogP contribution in [0.1, 0.15) is 33.3 Å². The van der Waals surface area contributed by atoms with Crippen LogP contribution in [-0.4, -0.2) is 28.2 Å². The molecule has 122 valence electrons. The van der Waals surface area contributed by atoms with E-state index in [2.05, 4.69) is 15.5 Å². The van der Waals surface area contributed by atoms with Crippen LogP contribution in [0.25, 0.3) is 11.3 Å². The molecule has 0 bridgehead atoms. The molecular weight excluding hydrogens is 294 g/mol. The number of aromatic amines is 1. The quantitative estimate of drug-likeness (QED) is 0.849. The number of hydrogen-bond donors (Lipinski definition) is 2. The first-order valence-corrected chi connectivity index (χ1v) is 7.32. The number of aromatic nitrogens is 2. The van der Waals surface area contributed by atoms with Gasteiger partial charge in [0.05, 0.1) is 11.9 Å². The molecule has 23 heavy (non-hydrogen) atoms. The van der Waals surface area contributed by atoms with E-state index in [0.29, 0.717) is 17.5 Å². The van der Waals surface area contributed by atoms with Crippen LogP contribution in [0.3, 0.4) is 0 Å². The van der Waals surface area contributed by atoms with Crippen LogP contribution in [-0.2, 0) is 15.1 Å². The Morgan fingerprint density at radius 2 is 1.87 bits per heavy atom. The number of H-pyrrole nitrogens is 1. The van der Waals surface area contributed by atoms with Gasteiger partial charge in [0.15, 0.2) is 0 Å². The summed E-state index contributed by atoms with van der Waals surface area (Å²) >= 11 is 0. The minimum absolute atomic E-state index is 0.574. The molecule has 1 heterocycles. The first-order valence-electron chi connectivity index (χ1n) is 7.32. The largest absolute Gasteiger partial charge is 0.444 e. The minimum atomic E-state index is -1.25. The van der Waals surface area contributed by atoms with Gasteiger partial charge >= 0.3 is 6.09 Å². The summed E-state index contributed by atoms with van der Waals surface area (Å²) < 4.78 is 5.24. The van der Waals surface area contributed by atoms with E-state index in [1.807, 2.05) is 30.3 Å². The third kappa shape index (κ3) is 3.97. The predicted molar refractivity (Wildman–Crippen MR) is 86.8 cm³/mol. The van der Waals surface area contributed by atoms with Gasteiger partial charge in [0, 0.05) is 5.56 Å². The maximum absolute atomic E-state index is 12.1. The van der Waals surface area contributed by atoms with Crippen LogP contribution >= 0.6 is 0 Å². The summed E-state index contributed by atoms with van der Waals surface area (Å²) in [5.74, 6) is 0. The zero-order valence-corrected chi connectivity index (χ0v) is 13.7. The fourth-order valence-electron chi connectivity index (χ4n) is 2.18. The minimum Gasteiger partial charge on any atom is -0.444 e. The van der Waals surface area contributed by atoms with E-state index in [4.69, 9.17) is 4.74 Å². The molecule has 0 radical (unpaired) electrons. The predicted octanol–water partition coefficient (Wildman–Crippen LogP) is 3.02. The topological polar surface area (TPSA) is 84.1 Å². The van der Waals surface area contributed by atoms with Gasteiger partial charge in [-0.15, -0.1) is 0 Å². The second-order valence-electron chi connectivity index (χ2n) is 6.47. The summed E-state index contributed by atoms with van der Waals surface area (Å²) in [6.07, 6.45) is 1.55. The van der Waals surface area contributed by atoms with Crippen LogP contribution in [0.15, 0.2) is 36.5 Å². The molecule has 0 spiro atoms. The Labute approximate surface area is 135 Å². The van der Waals surface area contributed by atoms with Gasteiger partial charge in [-0.25, -0.2) is 4.79 Å². The van der Waals surface area contributed by atoms with Crippen molar-refractivity contribution in [2.24, 2.45) is 0 Å². The Bertz CT molecular complexity index is 689. The average Bonchev–Trinajstić information content (AvgIpc) is 2.96. The number of benzene rings is 1. The Hall–Kier alpha value is -2.63. The lowest BCUT2D eigenvalue weighted by molar-refractivity contribution is -0.113. The molecule has 6 heteroatoms. The number of nitrogens with one attached hydrogen (secondary N) is 2. The van der Waals surface area contributed by atoms with Crippen LogP contribution in [0.4, 0.5) is 4.79 Å². The monoisotopic (exact) mass is 315 g/mol. The number of rotatable bonds is 4. The van der Waals surface area contributed by atoms with Crippen molar-refractivity contribution in [3.05, 3.63) is 42.1 Å². The lowest BCUT2D eigenvalue weighted by Gasteiger charge is -2.27. The molecule has 2 aromatic rings. The van der Waals surface area contributed by atoms with Gasteiger partial charge in [-0.05, 0) is 33.3 Å². The van der Waals surface area contributed by atoms with E-state index in [-0.39, 0.29) is 0 Å². The molecule has 1 atom stereocenters. The number of carbonyl (C=O) groups excluding carboxylic acids is 2. The lowest BCUT2D eigenvalue weighted by Crippen LogP contribution is -2.47. The van der Waals surface area contributed by atoms with Gasteiger partial charge in [-0.2, -0.15) is 5.10 Å². The molecule has 0 fully saturated rings. The normalized spacial score (nSPS) is 13.9. The van der Waals surface area contributed by atoms with Gasteiger partial charge < -0.3 is 14.8 Å². The maximum atomic E-state index is 12.1. The summed E-state index contributed by atoms with van der Waals surface area (Å²) in [5, 5.41) is 9.52. The molecule has 0 aliphatic rings. The fraction of sp³-hybridized carbons (Fsp3) is 0.353. The first kappa shape index (κ1) is 16.7. The van der Waals surface area contributed by atoms with Crippen LogP contribution in [0.2, 0.25) is 0 Å². The number of hydrogen-bond acceptors (Lipinski definition) is 4. The smallest absolute Gasteiger partial charge is 0.408 e. The molecular formula is C17H21N3O3. The SMILES string of the molecule is CC(C)(C)OC(=O)NC(C)(C=O)c1cn[nH]c1-c1ccccc1. The third-order valence-electron chi connectivity index (χ3n) is 3.26. The number of nitrogens with zero attached hydrogens (tertiary/aromatic N) is 1. The molecule has 2 N–H and O–H groups in total. The maximum Gasteiger partial charge on any atom is 0.408 e. The highest BCUT2D eigenvalue weighted by molar-refractivity contribution is 5.81. The molecule has 0 saturated carbocycles. The van der Waals surface area contributed by atoms with E-state index in [1.165, 1.54) is 6.20 Å². The summed E-state index contributed by atoms with van der Waals surface area (Å²) in [7, 11) is 0. The van der Waals surface area contributed by atoms with Gasteiger partial charge in [0.1, 0.15) is 17.4 Å². The summed E-state index contributed by atoms with van der Waals surface area (Å²) in [5.41, 5.74) is 0.229. The van der Waals surface area contributed by atoms with Gasteiger partial charge in [-0.1, -0.05) is 30.3 Å². The van der Waals surface area contributed by atoms with E-state index in [0.717, 1.165) is 5.56 Å². The van der Waals surface area contributed by atoms with Crippen molar-refractivity contribution in [3.63, 3.8) is 0 Å². The molecule has 0 aliphatic carbocycles. The zero-order chi connectivity index (χ0) is 17.1. The van der Waals surface area contributed by atoms with Crippen molar-refractivity contribution in [2.75, 3.05) is 0 Å². The van der Waals surface area contributed by atoms with Crippen LogP contribution < -0.4 is 5.32 Å². The first-order chi connectivity index (χ1) is 10.7. The average molecular weight is 315 g/mol. The molecule has 2 rings (SSSR count). The number of amides is 1. The molecule has 0 saturated heterocycles. The van der Waals surface area contributed by atoms with E-state index >= 15 is 0 Å². The van der Waals surface area contributed by atoms with Gasteiger partial charge in [0.2, 0.25) is 0 Å². The molecule has 1 aromatic heterocycles. The Kier molecular flexibility index (Phi) is 4.54. The highest BCUT2D eigenvalue weighted by Crippen LogP contribution is 2.29. The summed E-state index contributed by atoms with van der Waals surface area (Å²) in [6, 6.07) is 9.47. The second-order valence-corrected chi connectivity index (χ2v) is 6.47. The lowest BCUT2D eigenvalue weighted by atomic mass is 9.92. The van der Waals surface area contributed by atoms with Crippen molar-refractivity contribution >= 4 is 12.4 Å². The van der Waals surface area contributed by atoms with Crippen LogP contribution in [0.5, 0.6) is 0 Å². The van der Waals surface area contributed by atoms with Crippen molar-refractivity contribution in [1.82, 2.24) is 15.5 Å². The number of ether oxygens (including phenoxy) is 1. The highest BCUT2D eigenvalue weighted by Gasteiger charge is 2.34. The van der Waals surface area contributed by atoms with Gasteiger partial charge in [0.25, 0.3) is 0 Å².